The summed E-state index contributed by atoms with van der Waals surface area (Å²) in [4.78, 5) is 57.0. The van der Waals surface area contributed by atoms with E-state index < -0.39 is 135 Å². The summed E-state index contributed by atoms with van der Waals surface area (Å²) in [6, 6.07) is 10.0. The number of phosphoric acid groups is 2. The van der Waals surface area contributed by atoms with Gasteiger partial charge in [-0.05, 0) is 22.2 Å². The average molecular weight is 973 g/mol. The largest absolute Gasteiger partial charge is 0.475 e. The van der Waals surface area contributed by atoms with Crippen molar-refractivity contribution in [3.8, 4) is 6.07 Å². The highest BCUT2D eigenvalue weighted by atomic mass is 31.2. The van der Waals surface area contributed by atoms with Crippen LogP contribution >= 0.6 is 15.6 Å². The molecule has 4 fully saturated rings. The highest BCUT2D eigenvalue weighted by molar-refractivity contribution is 7.48. The number of hydrogen-bond acceptors (Lipinski definition) is 17. The number of nitrogens with one attached hydrogen (secondary N) is 1. The first kappa shape index (κ1) is 49.1. The molecule has 64 heavy (non-hydrogen) atoms. The van der Waals surface area contributed by atoms with Crippen molar-refractivity contribution in [2.24, 2.45) is 0 Å². The Morgan fingerprint density at radius 3 is 2.38 bits per heavy atom. The Bertz CT molecular complexity index is 2370. The van der Waals surface area contributed by atoms with Crippen LogP contribution < -0.4 is 5.56 Å². The van der Waals surface area contributed by atoms with E-state index in [9.17, 15) is 29.1 Å². The second kappa shape index (κ2) is 18.7. The third kappa shape index (κ3) is 9.11. The van der Waals surface area contributed by atoms with Gasteiger partial charge in [-0.2, -0.15) is 5.26 Å². The lowest BCUT2D eigenvalue weighted by atomic mass is 9.97. The van der Waals surface area contributed by atoms with Gasteiger partial charge in [-0.15, -0.1) is 0 Å². The van der Waals surface area contributed by atoms with Crippen LogP contribution in [0.1, 0.15) is 78.4 Å². The summed E-state index contributed by atoms with van der Waals surface area (Å²) in [6.45, 7) is 12.4. The number of phosphoric ester groups is 2. The summed E-state index contributed by atoms with van der Waals surface area (Å²) in [5, 5.41) is 9.02. The number of aromatic amines is 1. The molecule has 10 atom stereocenters. The van der Waals surface area contributed by atoms with E-state index in [2.05, 4.69) is 9.97 Å². The van der Waals surface area contributed by atoms with Crippen LogP contribution in [0, 0.1) is 17.1 Å². The molecule has 0 amide bonds. The van der Waals surface area contributed by atoms with E-state index in [1.165, 1.54) is 0 Å². The highest BCUT2D eigenvalue weighted by Crippen LogP contribution is 2.60. The van der Waals surface area contributed by atoms with Crippen molar-refractivity contribution < 1.29 is 73.4 Å². The number of fused-ring (bicyclic) bond motifs is 3. The summed E-state index contributed by atoms with van der Waals surface area (Å²) >= 11 is 0. The Morgan fingerprint density at radius 1 is 1.05 bits per heavy atom. The fraction of sp³-hybridized carbons (Fsp3) is 0.641. The van der Waals surface area contributed by atoms with Crippen LogP contribution in [0.5, 0.6) is 0 Å². The summed E-state index contributed by atoms with van der Waals surface area (Å²) < 4.78 is 109. The van der Waals surface area contributed by atoms with E-state index in [4.69, 9.17) is 45.4 Å². The van der Waals surface area contributed by atoms with Crippen molar-refractivity contribution in [3.05, 3.63) is 64.6 Å². The van der Waals surface area contributed by atoms with Crippen LogP contribution in [0.4, 0.5) is 4.39 Å². The Morgan fingerprint density at radius 2 is 1.73 bits per heavy atom. The lowest BCUT2D eigenvalue weighted by Gasteiger charge is -2.47. The van der Waals surface area contributed by atoms with Crippen LogP contribution in [0.15, 0.2) is 47.7 Å². The molecule has 3 N–H and O–H groups in total. The van der Waals surface area contributed by atoms with Gasteiger partial charge in [0.1, 0.15) is 41.5 Å². The van der Waals surface area contributed by atoms with Crippen molar-refractivity contribution in [2.75, 3.05) is 26.4 Å². The van der Waals surface area contributed by atoms with E-state index in [0.717, 1.165) is 17.1 Å². The molecule has 25 heteroatoms. The SMILES string of the molecule is CC(C)[Si](O)(O[Si](O[C@H]1[C@H]2OP(=O)(OCCC#N)OC[C@@]34CO[C@@H]([C@H](C(=O)c5ccccc5)O3)[C@@H]4OP(=O)(O)OC[C@H]1O[C@H]2n1cc(F)c2c(=O)[nH]cnc21)(C(C)C)C(C)C)C(C)C. The molecule has 2 unspecified atom stereocenters. The van der Waals surface area contributed by atoms with Crippen LogP contribution in [-0.2, 0) is 54.5 Å². The van der Waals surface area contributed by atoms with Crippen molar-refractivity contribution in [1.82, 2.24) is 14.5 Å². The second-order valence-electron chi connectivity index (χ2n) is 17.6. The van der Waals surface area contributed by atoms with Gasteiger partial charge in [-0.3, -0.25) is 32.2 Å². The average Bonchev–Trinajstić information content (AvgIpc) is 3.95. The molecule has 1 aromatic carbocycles. The van der Waals surface area contributed by atoms with E-state index >= 15 is 8.96 Å². The minimum absolute atomic E-state index is 0.225. The monoisotopic (exact) mass is 972 g/mol. The lowest BCUT2D eigenvalue weighted by molar-refractivity contribution is -0.147. The van der Waals surface area contributed by atoms with Gasteiger partial charge in [-0.25, -0.2) is 18.5 Å². The molecule has 0 spiro atoms. The maximum atomic E-state index is 15.8. The predicted octanol–water partition coefficient (Wildman–Crippen LogP) is 6.05. The van der Waals surface area contributed by atoms with Crippen LogP contribution in [-0.4, -0.2) is 116 Å². The van der Waals surface area contributed by atoms with E-state index in [1.54, 1.807) is 30.3 Å². The van der Waals surface area contributed by atoms with Gasteiger partial charge in [0.15, 0.2) is 29.6 Å². The van der Waals surface area contributed by atoms with Gasteiger partial charge in [0.25, 0.3) is 5.56 Å². The Hall–Kier alpha value is -2.86. The van der Waals surface area contributed by atoms with E-state index in [0.29, 0.717) is 0 Å². The fourth-order valence-corrected chi connectivity index (χ4v) is 21.1. The Labute approximate surface area is 371 Å². The van der Waals surface area contributed by atoms with Crippen molar-refractivity contribution in [2.45, 2.75) is 132 Å². The number of rotatable bonds is 14. The molecular weight excluding hydrogens is 918 g/mol. The fourth-order valence-electron chi connectivity index (χ4n) is 8.77. The minimum atomic E-state index is -5.20. The zero-order valence-corrected chi connectivity index (χ0v) is 40.4. The topological polar surface area (TPSA) is 258 Å². The van der Waals surface area contributed by atoms with Crippen molar-refractivity contribution in [3.63, 3.8) is 0 Å². The molecule has 0 aliphatic carbocycles. The van der Waals surface area contributed by atoms with Gasteiger partial charge in [-0.1, -0.05) is 85.7 Å². The molecule has 4 aliphatic rings. The Balaban J connectivity index is 1.38. The summed E-state index contributed by atoms with van der Waals surface area (Å²) in [7, 11) is -17.7. The smallest absolute Gasteiger partial charge is 0.414 e. The molecule has 7 rings (SSSR count). The molecule has 4 aliphatic heterocycles. The third-order valence-electron chi connectivity index (χ3n) is 12.2. The minimum Gasteiger partial charge on any atom is -0.414 e. The standard InChI is InChI=1S/C39H55FN4O16P2Si2/c1-22(2)63(50,23(3)4)60-64(24(5)6,25(7)8)59-31-28-18-53-61(47,48)58-35-33-32(30(45)26-13-10-9-11-14-26)56-39(35,19-51-33)20-54-62(49,52-16-12-15-41)57-34(31)38(55-28)44-17-27(40)29-36(44)42-21-43-37(29)46/h9-11,13-14,17,21-25,28,31-35,38,50H,12,16,18-20H2,1-8H3,(H,47,48)(H,42,43,46)/t28-,31-,32+,33+,34-,35+,38-,39-,62?/m1/s1. The van der Waals surface area contributed by atoms with Crippen LogP contribution in [0.25, 0.3) is 11.0 Å². The number of ketones is 1. The van der Waals surface area contributed by atoms with Gasteiger partial charge >= 0.3 is 32.8 Å². The quantitative estimate of drug-likeness (QED) is 0.0718. The number of aromatic nitrogens is 3. The molecule has 6 heterocycles. The molecule has 352 valence electrons. The lowest BCUT2D eigenvalue weighted by Crippen LogP contribution is -2.62. The van der Waals surface area contributed by atoms with Gasteiger partial charge in [0.2, 0.25) is 0 Å². The number of carbonyl (C=O) groups excluding carboxylic acids is 1. The normalized spacial score (nSPS) is 32.5. The summed E-state index contributed by atoms with van der Waals surface area (Å²) in [5.41, 5.74) is -4.13. The van der Waals surface area contributed by atoms with Gasteiger partial charge in [0, 0.05) is 11.8 Å². The zero-order valence-electron chi connectivity index (χ0n) is 36.7. The van der Waals surface area contributed by atoms with Crippen LogP contribution in [0.3, 0.4) is 0 Å². The number of carbonyl (C=O) groups is 1. The first-order valence-electron chi connectivity index (χ1n) is 21.1. The third-order valence-corrected chi connectivity index (χ3v) is 24.3. The number of nitrogens with zero attached hydrogens (tertiary/aromatic N) is 3. The number of nitriles is 1. The molecule has 3 aromatic rings. The molecule has 0 saturated carbocycles. The number of ether oxygens (including phenoxy) is 3. The summed E-state index contributed by atoms with van der Waals surface area (Å²) in [6.07, 6.45) is -8.76. The molecular formula is C39H55FN4O16P2Si2. The van der Waals surface area contributed by atoms with Crippen LogP contribution in [0.2, 0.25) is 22.2 Å². The molecule has 4 saturated heterocycles. The van der Waals surface area contributed by atoms with Crippen molar-refractivity contribution >= 4 is 49.6 Å². The zero-order chi connectivity index (χ0) is 46.6. The molecule has 4 bridgehead atoms. The van der Waals surface area contributed by atoms with Gasteiger partial charge < -0.3 is 42.0 Å². The maximum absolute atomic E-state index is 15.8. The number of halogens is 1. The van der Waals surface area contributed by atoms with E-state index in [1.807, 2.05) is 61.5 Å². The molecule has 0 radical (unpaired) electrons. The highest BCUT2D eigenvalue weighted by Gasteiger charge is 2.67. The first-order chi connectivity index (χ1) is 30.1. The predicted molar refractivity (Wildman–Crippen MR) is 228 cm³/mol. The number of hydrogen-bond donors (Lipinski definition) is 3. The van der Waals surface area contributed by atoms with Crippen molar-refractivity contribution in [1.29, 1.82) is 5.26 Å². The van der Waals surface area contributed by atoms with E-state index in [-0.39, 0.29) is 35.3 Å². The number of benzene rings is 1. The maximum Gasteiger partial charge on any atom is 0.475 e. The summed E-state index contributed by atoms with van der Waals surface area (Å²) in [5.74, 6) is -1.54. The molecule has 20 nitrogen and oxygen atoms in total. The Kier molecular flexibility index (Phi) is 14.3. The second-order valence-corrected chi connectivity index (χ2v) is 29.2. The number of Topliss-reactive ketones (excluding diaryl/α,β-unsaturated/α-hetero) is 1. The van der Waals surface area contributed by atoms with Gasteiger partial charge in [0.05, 0.1) is 45.2 Å². The molecule has 2 aromatic heterocycles. The number of H-pyrrole nitrogens is 1. The first-order valence-corrected chi connectivity index (χ1v) is 28.0.